The van der Waals surface area contributed by atoms with Crippen molar-refractivity contribution in [3.8, 4) is 5.75 Å². The zero-order chi connectivity index (χ0) is 5.98. The molecule has 42 valence electrons. The summed E-state index contributed by atoms with van der Waals surface area (Å²) < 4.78 is 0. The van der Waals surface area contributed by atoms with Gasteiger partial charge in [0.05, 0.1) is 0 Å². The van der Waals surface area contributed by atoms with Crippen LogP contribution >= 0.6 is 0 Å². The minimum atomic E-state index is 0. The molecule has 0 saturated carbocycles. The second-order valence-corrected chi connectivity index (χ2v) is 1.70. The third-order valence-electron chi connectivity index (χ3n) is 1.04. The molecule has 0 bridgehead atoms. The van der Waals surface area contributed by atoms with Crippen molar-refractivity contribution in [2.45, 2.75) is 6.92 Å². The number of phenols is 1. The second kappa shape index (κ2) is 3.61. The van der Waals surface area contributed by atoms with E-state index >= 15 is 0 Å². The van der Waals surface area contributed by atoms with E-state index < -0.39 is 0 Å². The Kier molecular flexibility index (Phi) is 3.45. The van der Waals surface area contributed by atoms with E-state index in [-0.39, 0.29) is 24.6 Å². The number of hydrogen-bond acceptors (Lipinski definition) is 1. The Morgan fingerprint density at radius 3 is 2.56 bits per heavy atom. The SMILES string of the molecule is Cc1ccc[c-]c1O.[Li+]. The van der Waals surface area contributed by atoms with Crippen LogP contribution in [0.3, 0.4) is 0 Å². The van der Waals surface area contributed by atoms with E-state index in [0.717, 1.165) is 5.56 Å². The van der Waals surface area contributed by atoms with Gasteiger partial charge in [0.25, 0.3) is 0 Å². The molecule has 0 aliphatic heterocycles. The summed E-state index contributed by atoms with van der Waals surface area (Å²) in [5, 5.41) is 8.86. The Balaban J connectivity index is 0.000000640. The van der Waals surface area contributed by atoms with Crippen LogP contribution in [-0.2, 0) is 0 Å². The zero-order valence-corrected chi connectivity index (χ0v) is 5.68. The number of rotatable bonds is 0. The third kappa shape index (κ3) is 2.13. The third-order valence-corrected chi connectivity index (χ3v) is 1.04. The normalized spacial score (nSPS) is 8.11. The molecule has 0 heterocycles. The van der Waals surface area contributed by atoms with Crippen molar-refractivity contribution >= 4 is 0 Å². The van der Waals surface area contributed by atoms with Gasteiger partial charge in [-0.3, -0.25) is 0 Å². The molecule has 0 spiro atoms. The predicted octanol–water partition coefficient (Wildman–Crippen LogP) is -1.50. The Hall–Kier alpha value is -0.383. The predicted molar refractivity (Wildman–Crippen MR) is 31.7 cm³/mol. The van der Waals surface area contributed by atoms with Gasteiger partial charge in [0.1, 0.15) is 0 Å². The Labute approximate surface area is 66.9 Å². The van der Waals surface area contributed by atoms with Gasteiger partial charge >= 0.3 is 18.9 Å². The number of hydrogen-bond donors (Lipinski definition) is 1. The van der Waals surface area contributed by atoms with E-state index in [1.807, 2.05) is 19.1 Å². The fraction of sp³-hybridized carbons (Fsp3) is 0.143. The zero-order valence-electron chi connectivity index (χ0n) is 5.68. The van der Waals surface area contributed by atoms with Crippen molar-refractivity contribution in [1.82, 2.24) is 0 Å². The maximum absolute atomic E-state index is 8.86. The van der Waals surface area contributed by atoms with Gasteiger partial charge in [-0.25, -0.2) is 0 Å². The molecule has 1 aromatic carbocycles. The molecule has 2 heteroatoms. The van der Waals surface area contributed by atoms with Crippen LogP contribution in [0.5, 0.6) is 5.75 Å². The van der Waals surface area contributed by atoms with Crippen LogP contribution in [0.15, 0.2) is 18.2 Å². The van der Waals surface area contributed by atoms with Crippen molar-refractivity contribution < 1.29 is 24.0 Å². The van der Waals surface area contributed by atoms with Crippen molar-refractivity contribution in [3.05, 3.63) is 29.8 Å². The molecule has 1 rings (SSSR count). The Morgan fingerprint density at radius 1 is 1.56 bits per heavy atom. The van der Waals surface area contributed by atoms with Crippen molar-refractivity contribution in [2.24, 2.45) is 0 Å². The number of benzene rings is 1. The molecule has 1 nitrogen and oxygen atoms in total. The van der Waals surface area contributed by atoms with Gasteiger partial charge in [-0.1, -0.05) is 6.92 Å². The van der Waals surface area contributed by atoms with E-state index in [2.05, 4.69) is 6.07 Å². The molecular formula is C7H7LiO. The average molecular weight is 114 g/mol. The van der Waals surface area contributed by atoms with Crippen LogP contribution in [0.25, 0.3) is 0 Å². The Morgan fingerprint density at radius 2 is 2.22 bits per heavy atom. The van der Waals surface area contributed by atoms with Crippen molar-refractivity contribution in [1.29, 1.82) is 0 Å². The van der Waals surface area contributed by atoms with Gasteiger partial charge in [0.2, 0.25) is 0 Å². The van der Waals surface area contributed by atoms with Crippen LogP contribution in [-0.4, -0.2) is 5.11 Å². The van der Waals surface area contributed by atoms with Gasteiger partial charge in [-0.05, 0) is 0 Å². The van der Waals surface area contributed by atoms with E-state index in [0.29, 0.717) is 0 Å². The van der Waals surface area contributed by atoms with Crippen LogP contribution in [0.2, 0.25) is 0 Å². The van der Waals surface area contributed by atoms with Gasteiger partial charge in [0.15, 0.2) is 0 Å². The summed E-state index contributed by atoms with van der Waals surface area (Å²) in [6.07, 6.45) is 0. The van der Waals surface area contributed by atoms with Gasteiger partial charge in [-0.15, -0.1) is 11.6 Å². The molecular weight excluding hydrogens is 107 g/mol. The topological polar surface area (TPSA) is 20.2 Å². The van der Waals surface area contributed by atoms with Crippen LogP contribution in [0.1, 0.15) is 5.56 Å². The number of phenolic OH excluding ortho intramolecular Hbond substituents is 1. The summed E-state index contributed by atoms with van der Waals surface area (Å²) in [6.45, 7) is 1.84. The fourth-order valence-electron chi connectivity index (χ4n) is 0.512. The van der Waals surface area contributed by atoms with Crippen molar-refractivity contribution in [2.75, 3.05) is 0 Å². The first-order chi connectivity index (χ1) is 3.80. The number of aromatic hydroxyl groups is 1. The smallest absolute Gasteiger partial charge is 0.534 e. The minimum absolute atomic E-state index is 0. The van der Waals surface area contributed by atoms with Crippen LogP contribution in [0, 0.1) is 13.0 Å². The summed E-state index contributed by atoms with van der Waals surface area (Å²) in [7, 11) is 0. The molecule has 0 aliphatic rings. The molecule has 0 amide bonds. The summed E-state index contributed by atoms with van der Waals surface area (Å²) >= 11 is 0. The fourth-order valence-corrected chi connectivity index (χ4v) is 0.512. The molecule has 0 radical (unpaired) electrons. The van der Waals surface area contributed by atoms with E-state index in [1.54, 1.807) is 6.07 Å². The maximum Gasteiger partial charge on any atom is 1.00 e. The van der Waals surface area contributed by atoms with Crippen molar-refractivity contribution in [3.63, 3.8) is 0 Å². The van der Waals surface area contributed by atoms with Gasteiger partial charge in [0, 0.05) is 5.75 Å². The van der Waals surface area contributed by atoms with Gasteiger partial charge < -0.3 is 5.11 Å². The molecule has 9 heavy (non-hydrogen) atoms. The first-order valence-electron chi connectivity index (χ1n) is 2.47. The summed E-state index contributed by atoms with van der Waals surface area (Å²) in [4.78, 5) is 0. The number of aryl methyl sites for hydroxylation is 1. The monoisotopic (exact) mass is 114 g/mol. The van der Waals surface area contributed by atoms with Crippen LogP contribution in [0.4, 0.5) is 0 Å². The molecule has 0 saturated heterocycles. The Bertz CT molecular complexity index is 165. The first kappa shape index (κ1) is 8.62. The molecule has 1 aromatic rings. The largest absolute Gasteiger partial charge is 1.00 e. The standard InChI is InChI=1S/C7H7O.Li/c1-6-4-2-3-5-7(6)8;/h2-4,8H,1H3;/q-1;+1. The van der Waals surface area contributed by atoms with Crippen LogP contribution < -0.4 is 18.9 Å². The van der Waals surface area contributed by atoms with E-state index in [1.165, 1.54) is 0 Å². The first-order valence-corrected chi connectivity index (χ1v) is 2.47. The second-order valence-electron chi connectivity index (χ2n) is 1.70. The molecule has 0 aromatic heterocycles. The van der Waals surface area contributed by atoms with E-state index in [4.69, 9.17) is 5.11 Å². The van der Waals surface area contributed by atoms with Gasteiger partial charge in [-0.2, -0.15) is 18.2 Å². The molecule has 0 fully saturated rings. The molecule has 0 aliphatic carbocycles. The molecule has 0 unspecified atom stereocenters. The summed E-state index contributed by atoms with van der Waals surface area (Å²) in [5.41, 5.74) is 0.868. The minimum Gasteiger partial charge on any atom is -0.534 e. The number of para-hydroxylation sites is 1. The van der Waals surface area contributed by atoms with E-state index in [9.17, 15) is 0 Å². The molecule has 1 N–H and O–H groups in total. The molecule has 0 atom stereocenters. The maximum atomic E-state index is 8.86. The summed E-state index contributed by atoms with van der Waals surface area (Å²) in [6, 6.07) is 8.02. The average Bonchev–Trinajstić information content (AvgIpc) is 1.77. The quantitative estimate of drug-likeness (QED) is 0.321. The summed E-state index contributed by atoms with van der Waals surface area (Å²) in [5.74, 6) is 0.243.